The molecule has 1 heterocycles. The van der Waals surface area contributed by atoms with Gasteiger partial charge in [-0.3, -0.25) is 14.4 Å². The Labute approximate surface area is 169 Å². The highest BCUT2D eigenvalue weighted by Crippen LogP contribution is 2.20. The summed E-state index contributed by atoms with van der Waals surface area (Å²) in [6.45, 7) is 3.83. The second-order valence-electron chi connectivity index (χ2n) is 6.79. The summed E-state index contributed by atoms with van der Waals surface area (Å²) in [5, 5.41) is 14.4. The maximum atomic E-state index is 12.8. The standard InChI is InChI=1S/C16H28N4O5S2/c1-8(2)12(15(23)20-5-3-4-11(20)16(24)25)19-14(22)10(7-27)18-13(21)9(17)6-26/h8-12,26-27H,3-7,17H2,1-2H3,(H,18,21)(H,19,22)(H,24,25). The zero-order valence-electron chi connectivity index (χ0n) is 15.4. The molecule has 3 amide bonds. The van der Waals surface area contributed by atoms with Gasteiger partial charge in [0.05, 0.1) is 6.04 Å². The molecule has 0 aromatic carbocycles. The molecule has 1 aliphatic heterocycles. The molecule has 0 aromatic heterocycles. The van der Waals surface area contributed by atoms with Crippen LogP contribution in [0.5, 0.6) is 0 Å². The molecule has 0 saturated carbocycles. The van der Waals surface area contributed by atoms with Crippen molar-refractivity contribution in [2.24, 2.45) is 11.7 Å². The summed E-state index contributed by atoms with van der Waals surface area (Å²) in [6.07, 6.45) is 0.981. The van der Waals surface area contributed by atoms with E-state index in [0.717, 1.165) is 0 Å². The first kappa shape index (κ1) is 23.6. The van der Waals surface area contributed by atoms with Crippen LogP contribution >= 0.6 is 25.3 Å². The highest BCUT2D eigenvalue weighted by atomic mass is 32.1. The van der Waals surface area contributed by atoms with Crippen LogP contribution in [0, 0.1) is 5.92 Å². The third kappa shape index (κ3) is 6.28. The Morgan fingerprint density at radius 2 is 1.78 bits per heavy atom. The molecular formula is C16H28N4O5S2. The molecule has 1 aliphatic rings. The lowest BCUT2D eigenvalue weighted by Gasteiger charge is -2.30. The minimum Gasteiger partial charge on any atom is -0.480 e. The number of nitrogens with one attached hydrogen (secondary N) is 2. The monoisotopic (exact) mass is 420 g/mol. The van der Waals surface area contributed by atoms with Crippen LogP contribution in [0.25, 0.3) is 0 Å². The number of likely N-dealkylation sites (tertiary alicyclic amines) is 1. The smallest absolute Gasteiger partial charge is 0.326 e. The Morgan fingerprint density at radius 1 is 1.15 bits per heavy atom. The van der Waals surface area contributed by atoms with E-state index in [4.69, 9.17) is 5.73 Å². The van der Waals surface area contributed by atoms with Crippen molar-refractivity contribution in [3.8, 4) is 0 Å². The van der Waals surface area contributed by atoms with Crippen LogP contribution in [-0.4, -0.2) is 75.9 Å². The number of thiol groups is 2. The van der Waals surface area contributed by atoms with Crippen LogP contribution in [0.15, 0.2) is 0 Å². The number of carbonyl (C=O) groups excluding carboxylic acids is 3. The molecular weight excluding hydrogens is 392 g/mol. The van der Waals surface area contributed by atoms with Crippen molar-refractivity contribution < 1.29 is 24.3 Å². The lowest BCUT2D eigenvalue weighted by atomic mass is 10.0. The molecule has 154 valence electrons. The van der Waals surface area contributed by atoms with Gasteiger partial charge in [-0.1, -0.05) is 13.8 Å². The number of carbonyl (C=O) groups is 4. The normalized spacial score (nSPS) is 20.1. The number of hydrogen-bond donors (Lipinski definition) is 6. The van der Waals surface area contributed by atoms with Gasteiger partial charge in [-0.15, -0.1) is 0 Å². The minimum absolute atomic E-state index is 0.0112. The molecule has 0 aliphatic carbocycles. The summed E-state index contributed by atoms with van der Waals surface area (Å²) in [5.41, 5.74) is 5.58. The van der Waals surface area contributed by atoms with Gasteiger partial charge >= 0.3 is 5.97 Å². The summed E-state index contributed by atoms with van der Waals surface area (Å²) in [6, 6.07) is -3.64. The fourth-order valence-corrected chi connectivity index (χ4v) is 3.21. The van der Waals surface area contributed by atoms with Crippen LogP contribution in [0.1, 0.15) is 26.7 Å². The Hall–Kier alpha value is -1.46. The molecule has 9 nitrogen and oxygen atoms in total. The van der Waals surface area contributed by atoms with E-state index < -0.39 is 47.9 Å². The van der Waals surface area contributed by atoms with Crippen LogP contribution in [0.3, 0.4) is 0 Å². The number of aliphatic carboxylic acids is 1. The first-order valence-electron chi connectivity index (χ1n) is 8.75. The second-order valence-corrected chi connectivity index (χ2v) is 7.52. The third-order valence-electron chi connectivity index (χ3n) is 4.40. The van der Waals surface area contributed by atoms with Gasteiger partial charge in [0.1, 0.15) is 18.1 Å². The van der Waals surface area contributed by atoms with E-state index >= 15 is 0 Å². The van der Waals surface area contributed by atoms with E-state index in [2.05, 4.69) is 35.9 Å². The molecule has 4 atom stereocenters. The molecule has 5 N–H and O–H groups in total. The molecule has 1 fully saturated rings. The average molecular weight is 421 g/mol. The lowest BCUT2D eigenvalue weighted by Crippen LogP contribution is -2.59. The zero-order chi connectivity index (χ0) is 20.7. The van der Waals surface area contributed by atoms with Gasteiger partial charge in [-0.05, 0) is 18.8 Å². The van der Waals surface area contributed by atoms with Crippen molar-refractivity contribution >= 4 is 48.9 Å². The molecule has 4 unspecified atom stereocenters. The number of rotatable bonds is 9. The predicted octanol–water partition coefficient (Wildman–Crippen LogP) is -1.13. The highest BCUT2D eigenvalue weighted by molar-refractivity contribution is 7.80. The Morgan fingerprint density at radius 3 is 2.26 bits per heavy atom. The number of nitrogens with two attached hydrogens (primary N) is 1. The number of nitrogens with zero attached hydrogens (tertiary/aromatic N) is 1. The third-order valence-corrected chi connectivity index (χ3v) is 5.16. The number of carboxylic acid groups (broad SMARTS) is 1. The van der Waals surface area contributed by atoms with Crippen molar-refractivity contribution in [1.29, 1.82) is 0 Å². The molecule has 0 radical (unpaired) electrons. The summed E-state index contributed by atoms with van der Waals surface area (Å²) in [5.74, 6) is -2.77. The van der Waals surface area contributed by atoms with Crippen molar-refractivity contribution in [1.82, 2.24) is 15.5 Å². The van der Waals surface area contributed by atoms with Gasteiger partial charge in [0.15, 0.2) is 0 Å². The quantitative estimate of drug-likeness (QED) is 0.261. The van der Waals surface area contributed by atoms with Crippen molar-refractivity contribution in [2.75, 3.05) is 18.1 Å². The number of carboxylic acids is 1. The Kier molecular flexibility index (Phi) is 9.40. The maximum absolute atomic E-state index is 12.8. The van der Waals surface area contributed by atoms with Crippen LogP contribution in [0.2, 0.25) is 0 Å². The second kappa shape index (κ2) is 10.8. The van der Waals surface area contributed by atoms with Gasteiger partial charge in [-0.2, -0.15) is 25.3 Å². The maximum Gasteiger partial charge on any atom is 0.326 e. The SMILES string of the molecule is CC(C)C(NC(=O)C(CS)NC(=O)C(N)CS)C(=O)N1CCCC1C(=O)O. The van der Waals surface area contributed by atoms with E-state index in [9.17, 15) is 24.3 Å². The van der Waals surface area contributed by atoms with Gasteiger partial charge in [0.25, 0.3) is 0 Å². The summed E-state index contributed by atoms with van der Waals surface area (Å²) >= 11 is 8.01. The van der Waals surface area contributed by atoms with Crippen molar-refractivity contribution in [3.63, 3.8) is 0 Å². The van der Waals surface area contributed by atoms with Crippen molar-refractivity contribution in [2.45, 2.75) is 50.9 Å². The van der Waals surface area contributed by atoms with Crippen molar-refractivity contribution in [3.05, 3.63) is 0 Å². The fourth-order valence-electron chi connectivity index (χ4n) is 2.79. The molecule has 1 rings (SSSR count). The minimum atomic E-state index is -1.06. The fraction of sp³-hybridized carbons (Fsp3) is 0.750. The largest absolute Gasteiger partial charge is 0.480 e. The highest BCUT2D eigenvalue weighted by Gasteiger charge is 2.39. The van der Waals surface area contributed by atoms with Gasteiger partial charge in [0, 0.05) is 18.1 Å². The molecule has 27 heavy (non-hydrogen) atoms. The number of hydrogen-bond acceptors (Lipinski definition) is 7. The predicted molar refractivity (Wildman–Crippen MR) is 107 cm³/mol. The van der Waals surface area contributed by atoms with Gasteiger partial charge in [-0.25, -0.2) is 4.79 Å². The van der Waals surface area contributed by atoms with E-state index in [1.165, 1.54) is 4.90 Å². The first-order valence-corrected chi connectivity index (χ1v) is 10.0. The summed E-state index contributed by atoms with van der Waals surface area (Å²) < 4.78 is 0. The van der Waals surface area contributed by atoms with Crippen LogP contribution in [-0.2, 0) is 19.2 Å². The van der Waals surface area contributed by atoms with Crippen LogP contribution < -0.4 is 16.4 Å². The first-order chi connectivity index (χ1) is 12.6. The summed E-state index contributed by atoms with van der Waals surface area (Å²) in [7, 11) is 0. The van der Waals surface area contributed by atoms with Gasteiger partial charge < -0.3 is 26.4 Å². The zero-order valence-corrected chi connectivity index (χ0v) is 17.2. The Bertz CT molecular complexity index is 575. The van der Waals surface area contributed by atoms with E-state index in [1.54, 1.807) is 13.8 Å². The average Bonchev–Trinajstić information content (AvgIpc) is 3.12. The molecule has 0 bridgehead atoms. The summed E-state index contributed by atoms with van der Waals surface area (Å²) in [4.78, 5) is 49.9. The van der Waals surface area contributed by atoms with E-state index in [-0.39, 0.29) is 17.4 Å². The van der Waals surface area contributed by atoms with Gasteiger partial charge in [0.2, 0.25) is 17.7 Å². The number of amides is 3. The molecule has 0 spiro atoms. The topological polar surface area (TPSA) is 142 Å². The molecule has 11 heteroatoms. The van der Waals surface area contributed by atoms with E-state index in [1.807, 2.05) is 0 Å². The molecule has 1 saturated heterocycles. The van der Waals surface area contributed by atoms with Crippen LogP contribution in [0.4, 0.5) is 0 Å². The Balaban J connectivity index is 2.85. The van der Waals surface area contributed by atoms with E-state index in [0.29, 0.717) is 19.4 Å². The molecule has 0 aromatic rings. The lowest BCUT2D eigenvalue weighted by molar-refractivity contribution is -0.150.